The van der Waals surface area contributed by atoms with Crippen molar-refractivity contribution in [1.82, 2.24) is 5.32 Å². The van der Waals surface area contributed by atoms with Gasteiger partial charge >= 0.3 is 6.36 Å². The van der Waals surface area contributed by atoms with Crippen molar-refractivity contribution < 1.29 is 27.8 Å². The molecular formula is C18H22F3NO3. The third-order valence-corrected chi connectivity index (χ3v) is 5.32. The molecule has 3 rings (SSSR count). The number of nitrogens with one attached hydrogen (secondary N) is 1. The van der Waals surface area contributed by atoms with Crippen LogP contribution in [0, 0.1) is 17.8 Å². The van der Waals surface area contributed by atoms with E-state index >= 15 is 0 Å². The molecule has 2 aliphatic carbocycles. The van der Waals surface area contributed by atoms with Crippen molar-refractivity contribution in [2.24, 2.45) is 17.8 Å². The molecule has 1 amide bonds. The molecule has 0 radical (unpaired) electrons. The summed E-state index contributed by atoms with van der Waals surface area (Å²) in [5.41, 5.74) is 0.426. The summed E-state index contributed by atoms with van der Waals surface area (Å²) in [4.78, 5) is 12.1. The molecule has 2 saturated carbocycles. The highest BCUT2D eigenvalue weighted by Gasteiger charge is 2.40. The van der Waals surface area contributed by atoms with Gasteiger partial charge in [0.15, 0.2) is 0 Å². The standard InChI is InChI=1S/C18H22F3NO3/c19-18(20,21)25-15-5-3-12(4-6-15)16(23)10-22-17(24)9-14-8-11-1-2-13(14)7-11/h3-6,11,13-14,16,23H,1-2,7-10H2,(H,22,24). The number of ether oxygens (including phenoxy) is 1. The van der Waals surface area contributed by atoms with Gasteiger partial charge in [-0.05, 0) is 54.7 Å². The number of hydrogen-bond donors (Lipinski definition) is 2. The lowest BCUT2D eigenvalue weighted by molar-refractivity contribution is -0.274. The third-order valence-electron chi connectivity index (χ3n) is 5.32. The lowest BCUT2D eigenvalue weighted by atomic mass is 9.86. The molecular weight excluding hydrogens is 335 g/mol. The Morgan fingerprint density at radius 3 is 2.52 bits per heavy atom. The molecule has 2 N–H and O–H groups in total. The van der Waals surface area contributed by atoms with Crippen molar-refractivity contribution in [3.05, 3.63) is 29.8 Å². The number of fused-ring (bicyclic) bond motifs is 2. The zero-order valence-corrected chi connectivity index (χ0v) is 13.8. The largest absolute Gasteiger partial charge is 0.573 e. The fourth-order valence-corrected chi connectivity index (χ4v) is 4.16. The van der Waals surface area contributed by atoms with E-state index in [1.807, 2.05) is 0 Å². The Morgan fingerprint density at radius 2 is 1.96 bits per heavy atom. The summed E-state index contributed by atoms with van der Waals surface area (Å²) >= 11 is 0. The highest BCUT2D eigenvalue weighted by molar-refractivity contribution is 5.76. The first kappa shape index (κ1) is 18.0. The summed E-state index contributed by atoms with van der Waals surface area (Å²) in [7, 11) is 0. The normalized spacial score (nSPS) is 26.5. The second-order valence-corrected chi connectivity index (χ2v) is 7.08. The molecule has 2 aliphatic rings. The van der Waals surface area contributed by atoms with Gasteiger partial charge in [0.25, 0.3) is 0 Å². The number of amides is 1. The number of halogens is 3. The van der Waals surface area contributed by atoms with Crippen LogP contribution >= 0.6 is 0 Å². The van der Waals surface area contributed by atoms with Gasteiger partial charge in [0.2, 0.25) is 5.91 Å². The lowest BCUT2D eigenvalue weighted by Gasteiger charge is -2.21. The van der Waals surface area contributed by atoms with Crippen molar-refractivity contribution in [3.63, 3.8) is 0 Å². The second kappa shape index (κ2) is 7.23. The molecule has 0 aromatic heterocycles. The maximum atomic E-state index is 12.1. The van der Waals surface area contributed by atoms with Crippen LogP contribution < -0.4 is 10.1 Å². The van der Waals surface area contributed by atoms with Crippen LogP contribution in [0.5, 0.6) is 5.75 Å². The van der Waals surface area contributed by atoms with Gasteiger partial charge in [-0.2, -0.15) is 0 Å². The number of carbonyl (C=O) groups is 1. The van der Waals surface area contributed by atoms with Crippen molar-refractivity contribution in [2.45, 2.75) is 44.6 Å². The zero-order valence-electron chi connectivity index (χ0n) is 13.8. The fraction of sp³-hybridized carbons (Fsp3) is 0.611. The Morgan fingerprint density at radius 1 is 1.24 bits per heavy atom. The van der Waals surface area contributed by atoms with Gasteiger partial charge in [0.05, 0.1) is 6.10 Å². The van der Waals surface area contributed by atoms with Crippen LogP contribution in [0.1, 0.15) is 43.8 Å². The number of alkyl halides is 3. The zero-order chi connectivity index (χ0) is 18.0. The van der Waals surface area contributed by atoms with E-state index in [9.17, 15) is 23.1 Å². The van der Waals surface area contributed by atoms with E-state index in [4.69, 9.17) is 0 Å². The minimum absolute atomic E-state index is 0.0408. The minimum Gasteiger partial charge on any atom is -0.406 e. The average Bonchev–Trinajstić information content (AvgIpc) is 3.14. The van der Waals surface area contributed by atoms with Gasteiger partial charge in [-0.25, -0.2) is 0 Å². The third kappa shape index (κ3) is 4.87. The molecule has 25 heavy (non-hydrogen) atoms. The summed E-state index contributed by atoms with van der Waals surface area (Å²) in [5, 5.41) is 12.8. The maximum absolute atomic E-state index is 12.1. The Labute approximate surface area is 144 Å². The maximum Gasteiger partial charge on any atom is 0.573 e. The van der Waals surface area contributed by atoms with Gasteiger partial charge in [-0.3, -0.25) is 4.79 Å². The smallest absolute Gasteiger partial charge is 0.406 e. The predicted molar refractivity (Wildman–Crippen MR) is 84.6 cm³/mol. The molecule has 4 nitrogen and oxygen atoms in total. The molecule has 0 aliphatic heterocycles. The minimum atomic E-state index is -4.74. The predicted octanol–water partition coefficient (Wildman–Crippen LogP) is 3.56. The quantitative estimate of drug-likeness (QED) is 0.818. The molecule has 0 saturated heterocycles. The van der Waals surface area contributed by atoms with Crippen molar-refractivity contribution in [1.29, 1.82) is 0 Å². The number of aliphatic hydroxyl groups is 1. The number of hydrogen-bond acceptors (Lipinski definition) is 3. The van der Waals surface area contributed by atoms with E-state index in [0.29, 0.717) is 23.8 Å². The molecule has 0 heterocycles. The van der Waals surface area contributed by atoms with Crippen molar-refractivity contribution in [3.8, 4) is 5.75 Å². The van der Waals surface area contributed by atoms with Crippen LogP contribution in [0.15, 0.2) is 24.3 Å². The molecule has 4 unspecified atom stereocenters. The molecule has 1 aromatic rings. The summed E-state index contributed by atoms with van der Waals surface area (Å²) in [5.74, 6) is 1.49. The fourth-order valence-electron chi connectivity index (χ4n) is 4.16. The number of rotatable bonds is 6. The molecule has 0 spiro atoms. The first-order chi connectivity index (χ1) is 11.8. The van der Waals surface area contributed by atoms with Gasteiger partial charge in [0, 0.05) is 13.0 Å². The summed E-state index contributed by atoms with van der Waals surface area (Å²) in [6.45, 7) is 0.0408. The van der Waals surface area contributed by atoms with Crippen LogP contribution in [0.2, 0.25) is 0 Å². The average molecular weight is 357 g/mol. The van der Waals surface area contributed by atoms with Crippen LogP contribution in [-0.2, 0) is 4.79 Å². The van der Waals surface area contributed by atoms with E-state index in [1.165, 1.54) is 31.4 Å². The van der Waals surface area contributed by atoms with Gasteiger partial charge in [-0.1, -0.05) is 18.6 Å². The first-order valence-corrected chi connectivity index (χ1v) is 8.60. The first-order valence-electron chi connectivity index (χ1n) is 8.60. The summed E-state index contributed by atoms with van der Waals surface area (Å²) < 4.78 is 40.1. The van der Waals surface area contributed by atoms with E-state index in [2.05, 4.69) is 10.1 Å². The topological polar surface area (TPSA) is 58.6 Å². The van der Waals surface area contributed by atoms with E-state index in [-0.39, 0.29) is 18.2 Å². The van der Waals surface area contributed by atoms with E-state index < -0.39 is 12.5 Å². The van der Waals surface area contributed by atoms with Crippen LogP contribution in [0.25, 0.3) is 0 Å². The highest BCUT2D eigenvalue weighted by atomic mass is 19.4. The Bertz CT molecular complexity index is 603. The van der Waals surface area contributed by atoms with Crippen LogP contribution in [0.4, 0.5) is 13.2 Å². The number of benzene rings is 1. The second-order valence-electron chi connectivity index (χ2n) is 7.08. The summed E-state index contributed by atoms with van der Waals surface area (Å²) in [6.07, 6.45) is -0.342. The van der Waals surface area contributed by atoms with Gasteiger partial charge in [0.1, 0.15) is 5.75 Å². The highest BCUT2D eigenvalue weighted by Crippen LogP contribution is 2.49. The van der Waals surface area contributed by atoms with Crippen LogP contribution in [-0.4, -0.2) is 23.9 Å². The Kier molecular flexibility index (Phi) is 5.22. The van der Waals surface area contributed by atoms with Crippen molar-refractivity contribution >= 4 is 5.91 Å². The molecule has 2 bridgehead atoms. The summed E-state index contributed by atoms with van der Waals surface area (Å²) in [6, 6.07) is 4.99. The SMILES string of the molecule is O=C(CC1CC2CCC1C2)NCC(O)c1ccc(OC(F)(F)F)cc1. The lowest BCUT2D eigenvalue weighted by Crippen LogP contribution is -2.30. The van der Waals surface area contributed by atoms with Gasteiger partial charge < -0.3 is 15.2 Å². The number of aliphatic hydroxyl groups excluding tert-OH is 1. The molecule has 7 heteroatoms. The van der Waals surface area contributed by atoms with Gasteiger partial charge in [-0.15, -0.1) is 13.2 Å². The molecule has 1 aromatic carbocycles. The van der Waals surface area contributed by atoms with Crippen LogP contribution in [0.3, 0.4) is 0 Å². The van der Waals surface area contributed by atoms with E-state index in [0.717, 1.165) is 24.5 Å². The monoisotopic (exact) mass is 357 g/mol. The molecule has 4 atom stereocenters. The van der Waals surface area contributed by atoms with E-state index in [1.54, 1.807) is 0 Å². The molecule has 2 fully saturated rings. The molecule has 138 valence electrons. The Hall–Kier alpha value is -1.76. The number of carbonyl (C=O) groups excluding carboxylic acids is 1. The van der Waals surface area contributed by atoms with Crippen molar-refractivity contribution in [2.75, 3.05) is 6.54 Å². The Balaban J connectivity index is 1.44.